The van der Waals surface area contributed by atoms with Crippen LogP contribution < -0.4 is 0 Å². The van der Waals surface area contributed by atoms with Crippen LogP contribution in [-0.2, 0) is 7.05 Å². The molecule has 1 aromatic carbocycles. The number of halogens is 1. The van der Waals surface area contributed by atoms with E-state index in [0.29, 0.717) is 22.1 Å². The van der Waals surface area contributed by atoms with Crippen molar-refractivity contribution in [2.24, 2.45) is 13.0 Å². The lowest BCUT2D eigenvalue weighted by Gasteiger charge is -2.12. The first-order valence-electron chi connectivity index (χ1n) is 8.69. The molecule has 2 aromatic rings. The average Bonchev–Trinajstić information content (AvgIpc) is 3.47. The minimum absolute atomic E-state index is 0.0477. The summed E-state index contributed by atoms with van der Waals surface area (Å²) < 4.78 is 1.40. The second kappa shape index (κ2) is 6.36. The number of ketones is 1. The highest BCUT2D eigenvalue weighted by Gasteiger charge is 2.35. The highest BCUT2D eigenvalue weighted by Crippen LogP contribution is 2.44. The third-order valence-corrected chi connectivity index (χ3v) is 6.88. The fraction of sp³-hybridized carbons (Fsp3) is 0.474. The van der Waals surface area contributed by atoms with E-state index < -0.39 is 0 Å². The molecule has 0 bridgehead atoms. The zero-order chi connectivity index (χ0) is 17.7. The maximum atomic E-state index is 13.2. The van der Waals surface area contributed by atoms with Gasteiger partial charge in [-0.2, -0.15) is 5.10 Å². The first-order valence-corrected chi connectivity index (χ1v) is 10.1. The highest BCUT2D eigenvalue weighted by atomic mass is 35.5. The molecule has 2 aliphatic carbocycles. The third-order valence-electron chi connectivity index (χ3n) is 5.00. The molecule has 1 heterocycles. The Bertz CT molecular complexity index is 854. The molecule has 0 radical (unpaired) electrons. The first kappa shape index (κ1) is 17.0. The first-order chi connectivity index (χ1) is 12.0. The Morgan fingerprint density at radius 1 is 1.36 bits per heavy atom. The number of aromatic nitrogens is 2. The summed E-state index contributed by atoms with van der Waals surface area (Å²) in [7, 11) is 1.67. The van der Waals surface area contributed by atoms with Crippen molar-refractivity contribution in [3.63, 3.8) is 0 Å². The Kier molecular flexibility index (Phi) is 4.32. The monoisotopic (exact) mass is 376 g/mol. The molecule has 0 saturated heterocycles. The van der Waals surface area contributed by atoms with E-state index in [1.165, 1.54) is 17.5 Å². The van der Waals surface area contributed by atoms with Gasteiger partial charge in [0.25, 0.3) is 0 Å². The number of thioether (sulfide) groups is 1. The van der Waals surface area contributed by atoms with E-state index in [4.69, 9.17) is 11.6 Å². The van der Waals surface area contributed by atoms with E-state index in [1.54, 1.807) is 30.9 Å². The van der Waals surface area contributed by atoms with Crippen LogP contribution in [0.2, 0.25) is 5.02 Å². The highest BCUT2D eigenvalue weighted by molar-refractivity contribution is 7.99. The lowest BCUT2D eigenvalue weighted by molar-refractivity contribution is 0.103. The molecule has 4 nitrogen and oxygen atoms in total. The van der Waals surface area contributed by atoms with Gasteiger partial charge in [0, 0.05) is 29.2 Å². The van der Waals surface area contributed by atoms with Gasteiger partial charge in [-0.15, -0.1) is 11.8 Å². The fourth-order valence-electron chi connectivity index (χ4n) is 3.10. The number of rotatable bonds is 6. The topological polar surface area (TPSA) is 55.1 Å². The third kappa shape index (κ3) is 3.20. The molecule has 1 N–H and O–H groups in total. The number of carbonyl (C=O) groups excluding carboxylic acids is 1. The number of hydrogen-bond donors (Lipinski definition) is 1. The van der Waals surface area contributed by atoms with Crippen molar-refractivity contribution >= 4 is 29.1 Å². The Morgan fingerprint density at radius 2 is 2.08 bits per heavy atom. The van der Waals surface area contributed by atoms with Crippen molar-refractivity contribution < 1.29 is 9.90 Å². The van der Waals surface area contributed by atoms with Gasteiger partial charge in [0.1, 0.15) is 5.56 Å². The van der Waals surface area contributed by atoms with Crippen molar-refractivity contribution in [3.05, 3.63) is 39.5 Å². The number of nitrogens with zero attached hydrogens (tertiary/aromatic N) is 2. The molecular formula is C19H21ClN2O2S. The van der Waals surface area contributed by atoms with Crippen LogP contribution in [0.15, 0.2) is 17.0 Å². The second-order valence-electron chi connectivity index (χ2n) is 7.11. The van der Waals surface area contributed by atoms with Gasteiger partial charge in [0.05, 0.1) is 10.7 Å². The number of carbonyl (C=O) groups is 1. The van der Waals surface area contributed by atoms with E-state index in [1.807, 2.05) is 6.92 Å². The quantitative estimate of drug-likeness (QED) is 0.586. The molecule has 1 aromatic heterocycles. The Labute approximate surface area is 156 Å². The van der Waals surface area contributed by atoms with Crippen molar-refractivity contribution in [1.29, 1.82) is 0 Å². The molecule has 2 saturated carbocycles. The van der Waals surface area contributed by atoms with Gasteiger partial charge in [-0.05, 0) is 56.2 Å². The molecule has 2 fully saturated rings. The lowest BCUT2D eigenvalue weighted by atomic mass is 9.98. The Hall–Kier alpha value is -1.46. The molecule has 0 spiro atoms. The molecule has 0 aliphatic heterocycles. The van der Waals surface area contributed by atoms with Gasteiger partial charge in [-0.3, -0.25) is 4.79 Å². The summed E-state index contributed by atoms with van der Waals surface area (Å²) in [5.41, 5.74) is 2.58. The summed E-state index contributed by atoms with van der Waals surface area (Å²) in [4.78, 5) is 14.2. The minimum atomic E-state index is -0.157. The molecular weight excluding hydrogens is 356 g/mol. The fourth-order valence-corrected chi connectivity index (χ4v) is 4.73. The maximum Gasteiger partial charge on any atom is 0.220 e. The molecule has 132 valence electrons. The largest absolute Gasteiger partial charge is 0.493 e. The van der Waals surface area contributed by atoms with Crippen LogP contribution >= 0.6 is 23.4 Å². The smallest absolute Gasteiger partial charge is 0.220 e. The molecule has 0 unspecified atom stereocenters. The van der Waals surface area contributed by atoms with Crippen LogP contribution in [0.3, 0.4) is 0 Å². The number of aryl methyl sites for hydroxylation is 1. The van der Waals surface area contributed by atoms with E-state index >= 15 is 0 Å². The van der Waals surface area contributed by atoms with E-state index in [2.05, 4.69) is 5.10 Å². The standard InChI is InChI=1S/C19H21ClN2O2S/c1-10-13(7-8-14(20)18(10)25-9-11-3-4-11)17(23)15-16(12-5-6-12)21-22(2)19(15)24/h7-8,11-12,24H,3-6,9H2,1-2H3. The summed E-state index contributed by atoms with van der Waals surface area (Å²) in [6.45, 7) is 1.94. The number of aromatic hydroxyl groups is 1. The average molecular weight is 377 g/mol. The molecule has 2 aliphatic rings. The minimum Gasteiger partial charge on any atom is -0.493 e. The van der Waals surface area contributed by atoms with Gasteiger partial charge in [-0.25, -0.2) is 4.68 Å². The van der Waals surface area contributed by atoms with Crippen molar-refractivity contribution in [1.82, 2.24) is 9.78 Å². The summed E-state index contributed by atoms with van der Waals surface area (Å²) in [5.74, 6) is 1.92. The normalized spacial score (nSPS) is 17.1. The van der Waals surface area contributed by atoms with Crippen LogP contribution in [0.1, 0.15) is 58.8 Å². The van der Waals surface area contributed by atoms with Crippen LogP contribution in [0.4, 0.5) is 0 Å². The van der Waals surface area contributed by atoms with Gasteiger partial charge >= 0.3 is 0 Å². The second-order valence-corrected chi connectivity index (χ2v) is 8.55. The van der Waals surface area contributed by atoms with Crippen molar-refractivity contribution in [3.8, 4) is 5.88 Å². The summed E-state index contributed by atoms with van der Waals surface area (Å²) >= 11 is 8.12. The Morgan fingerprint density at radius 3 is 2.72 bits per heavy atom. The van der Waals surface area contributed by atoms with Crippen LogP contribution in [0, 0.1) is 12.8 Å². The summed E-state index contributed by atoms with van der Waals surface area (Å²) in [5, 5.41) is 15.4. The zero-order valence-electron chi connectivity index (χ0n) is 14.4. The molecule has 6 heteroatoms. The summed E-state index contributed by atoms with van der Waals surface area (Å²) in [6.07, 6.45) is 4.63. The van der Waals surface area contributed by atoms with Gasteiger partial charge in [0.2, 0.25) is 11.7 Å². The van der Waals surface area contributed by atoms with Crippen LogP contribution in [0.25, 0.3) is 0 Å². The Balaban J connectivity index is 1.72. The van der Waals surface area contributed by atoms with E-state index in [-0.39, 0.29) is 11.7 Å². The predicted octanol–water partition coefficient (Wildman–Crippen LogP) is 4.70. The lowest BCUT2D eigenvalue weighted by Crippen LogP contribution is -2.07. The van der Waals surface area contributed by atoms with E-state index in [9.17, 15) is 9.90 Å². The van der Waals surface area contributed by atoms with Gasteiger partial charge < -0.3 is 5.11 Å². The molecule has 25 heavy (non-hydrogen) atoms. The SMILES string of the molecule is Cc1c(C(=O)c2c(C3CC3)nn(C)c2O)ccc(Cl)c1SCC1CC1. The zero-order valence-corrected chi connectivity index (χ0v) is 16.0. The number of hydrogen-bond acceptors (Lipinski definition) is 4. The predicted molar refractivity (Wildman–Crippen MR) is 99.9 cm³/mol. The molecule has 0 atom stereocenters. The van der Waals surface area contributed by atoms with Gasteiger partial charge in [-0.1, -0.05) is 11.6 Å². The molecule has 0 amide bonds. The van der Waals surface area contributed by atoms with Crippen LogP contribution in [0.5, 0.6) is 5.88 Å². The van der Waals surface area contributed by atoms with E-state index in [0.717, 1.165) is 40.7 Å². The number of benzene rings is 1. The molecule has 4 rings (SSSR count). The van der Waals surface area contributed by atoms with Crippen LogP contribution in [-0.4, -0.2) is 26.4 Å². The summed E-state index contributed by atoms with van der Waals surface area (Å²) in [6, 6.07) is 3.56. The van der Waals surface area contributed by atoms with Gasteiger partial charge in [0.15, 0.2) is 0 Å². The van der Waals surface area contributed by atoms with Crippen molar-refractivity contribution in [2.75, 3.05) is 5.75 Å². The van der Waals surface area contributed by atoms with Crippen molar-refractivity contribution in [2.45, 2.75) is 43.4 Å². The maximum absolute atomic E-state index is 13.2.